The maximum atomic E-state index is 5.79. The summed E-state index contributed by atoms with van der Waals surface area (Å²) < 4.78 is 5.63. The second-order valence-corrected chi connectivity index (χ2v) is 4.53. The van der Waals surface area contributed by atoms with E-state index < -0.39 is 0 Å². The quantitative estimate of drug-likeness (QED) is 0.847. The Bertz CT molecular complexity index is 324. The molecule has 1 aliphatic heterocycles. The molecule has 3 nitrogen and oxygen atoms in total. The van der Waals surface area contributed by atoms with Crippen LogP contribution >= 0.6 is 11.6 Å². The van der Waals surface area contributed by atoms with Gasteiger partial charge in [-0.1, -0.05) is 11.6 Å². The number of likely N-dealkylation sites (N-methyl/N-ethyl adjacent to an activating group) is 1. The van der Waals surface area contributed by atoms with Gasteiger partial charge in [-0.05, 0) is 31.3 Å². The number of nitrogens with zero attached hydrogens (tertiary/aromatic N) is 1. The number of ether oxygens (including phenoxy) is 1. The fraction of sp³-hybridized carbons (Fsp3) is 0.500. The van der Waals surface area contributed by atoms with E-state index in [1.54, 1.807) is 0 Å². The third-order valence-corrected chi connectivity index (χ3v) is 3.16. The SMILES string of the molecule is CN(CCOc1ccc(Cl)cc1)C1CNC1. The van der Waals surface area contributed by atoms with Crippen molar-refractivity contribution >= 4 is 11.6 Å². The van der Waals surface area contributed by atoms with Gasteiger partial charge >= 0.3 is 0 Å². The Kier molecular flexibility index (Phi) is 4.04. The lowest BCUT2D eigenvalue weighted by molar-refractivity contribution is 0.151. The van der Waals surface area contributed by atoms with E-state index in [9.17, 15) is 0 Å². The first-order valence-electron chi connectivity index (χ1n) is 5.55. The predicted octanol–water partition coefficient (Wildman–Crippen LogP) is 1.62. The van der Waals surface area contributed by atoms with Crippen LogP contribution in [0, 0.1) is 0 Å². The molecule has 0 atom stereocenters. The van der Waals surface area contributed by atoms with Crippen molar-refractivity contribution < 1.29 is 4.74 Å². The molecule has 0 bridgehead atoms. The van der Waals surface area contributed by atoms with E-state index in [2.05, 4.69) is 17.3 Å². The van der Waals surface area contributed by atoms with Gasteiger partial charge in [0.2, 0.25) is 0 Å². The highest BCUT2D eigenvalue weighted by Gasteiger charge is 2.20. The van der Waals surface area contributed by atoms with E-state index in [0.29, 0.717) is 12.6 Å². The van der Waals surface area contributed by atoms with E-state index in [1.165, 1.54) is 0 Å². The van der Waals surface area contributed by atoms with Crippen molar-refractivity contribution in [2.45, 2.75) is 6.04 Å². The summed E-state index contributed by atoms with van der Waals surface area (Å²) in [5.74, 6) is 0.879. The molecule has 0 unspecified atom stereocenters. The largest absolute Gasteiger partial charge is 0.492 e. The standard InChI is InChI=1S/C12H17ClN2O/c1-15(11-8-14-9-11)6-7-16-12-4-2-10(13)3-5-12/h2-5,11,14H,6-9H2,1H3. The first-order chi connectivity index (χ1) is 7.75. The van der Waals surface area contributed by atoms with Crippen LogP contribution in [-0.2, 0) is 0 Å². The lowest BCUT2D eigenvalue weighted by atomic mass is 10.1. The number of hydrogen-bond donors (Lipinski definition) is 1. The van der Waals surface area contributed by atoms with Gasteiger partial charge in [0.1, 0.15) is 12.4 Å². The smallest absolute Gasteiger partial charge is 0.119 e. The second-order valence-electron chi connectivity index (χ2n) is 4.10. The van der Waals surface area contributed by atoms with Gasteiger partial charge in [0.25, 0.3) is 0 Å². The van der Waals surface area contributed by atoms with Crippen molar-refractivity contribution in [3.05, 3.63) is 29.3 Å². The first-order valence-corrected chi connectivity index (χ1v) is 5.93. The Morgan fingerprint density at radius 1 is 1.38 bits per heavy atom. The number of rotatable bonds is 5. The summed E-state index contributed by atoms with van der Waals surface area (Å²) >= 11 is 5.79. The van der Waals surface area contributed by atoms with E-state index in [1.807, 2.05) is 24.3 Å². The van der Waals surface area contributed by atoms with Crippen LogP contribution in [0.4, 0.5) is 0 Å². The zero-order chi connectivity index (χ0) is 11.4. The molecule has 2 rings (SSSR count). The molecule has 1 aromatic rings. The topological polar surface area (TPSA) is 24.5 Å². The van der Waals surface area contributed by atoms with Crippen LogP contribution in [0.2, 0.25) is 5.02 Å². The molecule has 1 fully saturated rings. The minimum absolute atomic E-state index is 0.675. The molecule has 0 amide bonds. The van der Waals surface area contributed by atoms with Gasteiger partial charge in [-0.3, -0.25) is 4.90 Å². The molecular formula is C12H17ClN2O. The summed E-state index contributed by atoms with van der Waals surface area (Å²) in [5.41, 5.74) is 0. The van der Waals surface area contributed by atoms with Crippen molar-refractivity contribution in [1.29, 1.82) is 0 Å². The Morgan fingerprint density at radius 3 is 2.62 bits per heavy atom. The lowest BCUT2D eigenvalue weighted by Crippen LogP contribution is -2.56. The third-order valence-electron chi connectivity index (χ3n) is 2.91. The molecule has 0 spiro atoms. The van der Waals surface area contributed by atoms with Crippen molar-refractivity contribution in [2.75, 3.05) is 33.3 Å². The number of nitrogens with one attached hydrogen (secondary N) is 1. The van der Waals surface area contributed by atoms with Crippen LogP contribution in [0.1, 0.15) is 0 Å². The van der Waals surface area contributed by atoms with Crippen LogP contribution in [0.5, 0.6) is 5.75 Å². The Balaban J connectivity index is 1.69. The molecule has 0 radical (unpaired) electrons. The number of benzene rings is 1. The van der Waals surface area contributed by atoms with Crippen molar-refractivity contribution in [3.63, 3.8) is 0 Å². The predicted molar refractivity (Wildman–Crippen MR) is 66.2 cm³/mol. The highest BCUT2D eigenvalue weighted by Crippen LogP contribution is 2.15. The number of hydrogen-bond acceptors (Lipinski definition) is 3. The van der Waals surface area contributed by atoms with Crippen molar-refractivity contribution in [2.24, 2.45) is 0 Å². The second kappa shape index (κ2) is 5.53. The van der Waals surface area contributed by atoms with Gasteiger partial charge in [0, 0.05) is 30.7 Å². The van der Waals surface area contributed by atoms with Crippen molar-refractivity contribution in [1.82, 2.24) is 10.2 Å². The van der Waals surface area contributed by atoms with Gasteiger partial charge in [-0.25, -0.2) is 0 Å². The minimum atomic E-state index is 0.675. The molecular weight excluding hydrogens is 224 g/mol. The van der Waals surface area contributed by atoms with Crippen molar-refractivity contribution in [3.8, 4) is 5.75 Å². The maximum absolute atomic E-state index is 5.79. The molecule has 1 aliphatic rings. The average molecular weight is 241 g/mol. The highest BCUT2D eigenvalue weighted by atomic mass is 35.5. The molecule has 0 aromatic heterocycles. The molecule has 16 heavy (non-hydrogen) atoms. The van der Waals surface area contributed by atoms with Crippen LogP contribution in [-0.4, -0.2) is 44.2 Å². The lowest BCUT2D eigenvalue weighted by Gasteiger charge is -2.35. The average Bonchev–Trinajstić information content (AvgIpc) is 2.18. The third kappa shape index (κ3) is 3.11. The summed E-state index contributed by atoms with van der Waals surface area (Å²) in [5, 5.41) is 4.00. The van der Waals surface area contributed by atoms with Gasteiger partial charge in [0.05, 0.1) is 0 Å². The molecule has 1 saturated heterocycles. The zero-order valence-corrected chi connectivity index (χ0v) is 10.2. The van der Waals surface area contributed by atoms with E-state index in [0.717, 1.165) is 30.4 Å². The van der Waals surface area contributed by atoms with Crippen LogP contribution in [0.3, 0.4) is 0 Å². The zero-order valence-electron chi connectivity index (χ0n) is 9.45. The Morgan fingerprint density at radius 2 is 2.06 bits per heavy atom. The molecule has 0 saturated carbocycles. The van der Waals surface area contributed by atoms with E-state index in [4.69, 9.17) is 16.3 Å². The molecule has 88 valence electrons. The normalized spacial score (nSPS) is 16.2. The van der Waals surface area contributed by atoms with Gasteiger partial charge in [-0.2, -0.15) is 0 Å². The fourth-order valence-corrected chi connectivity index (χ4v) is 1.73. The Hall–Kier alpha value is -0.770. The molecule has 1 aromatic carbocycles. The highest BCUT2D eigenvalue weighted by molar-refractivity contribution is 6.30. The summed E-state index contributed by atoms with van der Waals surface area (Å²) in [4.78, 5) is 2.33. The Labute approximate surface area is 101 Å². The van der Waals surface area contributed by atoms with Crippen LogP contribution in [0.25, 0.3) is 0 Å². The summed E-state index contributed by atoms with van der Waals surface area (Å²) in [7, 11) is 2.14. The number of halogens is 1. The van der Waals surface area contributed by atoms with Gasteiger partial charge in [-0.15, -0.1) is 0 Å². The summed E-state index contributed by atoms with van der Waals surface area (Å²) in [6, 6.07) is 8.15. The monoisotopic (exact) mass is 240 g/mol. The van der Waals surface area contributed by atoms with Gasteiger partial charge in [0.15, 0.2) is 0 Å². The minimum Gasteiger partial charge on any atom is -0.492 e. The van der Waals surface area contributed by atoms with Crippen LogP contribution in [0.15, 0.2) is 24.3 Å². The first kappa shape index (κ1) is 11.7. The van der Waals surface area contributed by atoms with E-state index >= 15 is 0 Å². The fourth-order valence-electron chi connectivity index (χ4n) is 1.61. The molecule has 1 heterocycles. The molecule has 1 N–H and O–H groups in total. The molecule has 4 heteroatoms. The summed E-state index contributed by atoms with van der Waals surface area (Å²) in [6.07, 6.45) is 0. The summed E-state index contributed by atoms with van der Waals surface area (Å²) in [6.45, 7) is 3.86. The van der Waals surface area contributed by atoms with Crippen LogP contribution < -0.4 is 10.1 Å². The van der Waals surface area contributed by atoms with Gasteiger partial charge < -0.3 is 10.1 Å². The molecule has 0 aliphatic carbocycles. The maximum Gasteiger partial charge on any atom is 0.119 e. The van der Waals surface area contributed by atoms with E-state index in [-0.39, 0.29) is 0 Å².